The van der Waals surface area contributed by atoms with Gasteiger partial charge in [-0.1, -0.05) is 13.8 Å². The lowest BCUT2D eigenvalue weighted by Crippen LogP contribution is -1.94. The predicted octanol–water partition coefficient (Wildman–Crippen LogP) is 2.46. The molecule has 0 saturated carbocycles. The maximum absolute atomic E-state index is 9.68. The van der Waals surface area contributed by atoms with Crippen molar-refractivity contribution in [3.63, 3.8) is 0 Å². The Morgan fingerprint density at radius 3 is 2.79 bits per heavy atom. The Hall–Kier alpha value is -1.64. The van der Waals surface area contributed by atoms with Gasteiger partial charge in [0.2, 0.25) is 0 Å². The Bertz CT molecular complexity index is 466. The third-order valence-corrected chi connectivity index (χ3v) is 2.22. The van der Waals surface area contributed by atoms with Crippen LogP contribution in [0.5, 0.6) is 5.75 Å². The number of aromatic nitrogens is 2. The topological polar surface area (TPSA) is 46.0 Å². The average molecular weight is 188 g/mol. The number of pyridine rings is 2. The lowest BCUT2D eigenvalue weighted by molar-refractivity contribution is 0.463. The molecule has 0 aliphatic heterocycles. The lowest BCUT2D eigenvalue weighted by Gasteiger charge is -2.09. The summed E-state index contributed by atoms with van der Waals surface area (Å²) in [6.07, 6.45) is 3.20. The van der Waals surface area contributed by atoms with Gasteiger partial charge in [-0.3, -0.25) is 9.97 Å². The Morgan fingerprint density at radius 2 is 2.07 bits per heavy atom. The van der Waals surface area contributed by atoms with Gasteiger partial charge in [-0.05, 0) is 18.1 Å². The normalized spacial score (nSPS) is 11.1. The van der Waals surface area contributed by atoms with Crippen molar-refractivity contribution in [2.45, 2.75) is 19.8 Å². The summed E-state index contributed by atoms with van der Waals surface area (Å²) in [4.78, 5) is 8.35. The van der Waals surface area contributed by atoms with Crippen molar-refractivity contribution in [1.29, 1.82) is 0 Å². The zero-order valence-electron chi connectivity index (χ0n) is 8.23. The van der Waals surface area contributed by atoms with Gasteiger partial charge in [0, 0.05) is 11.8 Å². The van der Waals surface area contributed by atoms with Crippen LogP contribution >= 0.6 is 0 Å². The zero-order valence-corrected chi connectivity index (χ0v) is 8.23. The van der Waals surface area contributed by atoms with Crippen molar-refractivity contribution in [2.75, 3.05) is 0 Å². The van der Waals surface area contributed by atoms with E-state index in [1.807, 2.05) is 26.0 Å². The molecule has 0 saturated heterocycles. The molecular weight excluding hydrogens is 176 g/mol. The summed E-state index contributed by atoms with van der Waals surface area (Å²) in [5.74, 6) is 0.474. The average Bonchev–Trinajstić information content (AvgIpc) is 2.17. The molecule has 0 radical (unpaired) electrons. The van der Waals surface area contributed by atoms with Gasteiger partial charge < -0.3 is 5.11 Å². The number of nitrogens with zero attached hydrogens (tertiary/aromatic N) is 2. The number of fused-ring (bicyclic) bond motifs is 1. The van der Waals surface area contributed by atoms with Crippen molar-refractivity contribution in [2.24, 2.45) is 0 Å². The van der Waals surface area contributed by atoms with Crippen LogP contribution in [0.15, 0.2) is 24.5 Å². The molecule has 0 aromatic carbocycles. The van der Waals surface area contributed by atoms with Crippen LogP contribution in [0.25, 0.3) is 11.0 Å². The Labute approximate surface area is 82.4 Å². The molecule has 0 atom stereocenters. The van der Waals surface area contributed by atoms with Gasteiger partial charge in [0.25, 0.3) is 0 Å². The fraction of sp³-hybridized carbons (Fsp3) is 0.273. The smallest absolute Gasteiger partial charge is 0.139 e. The van der Waals surface area contributed by atoms with Gasteiger partial charge in [0.05, 0.1) is 17.2 Å². The Kier molecular flexibility index (Phi) is 2.08. The lowest BCUT2D eigenvalue weighted by atomic mass is 10.0. The Balaban J connectivity index is 2.83. The van der Waals surface area contributed by atoms with Crippen molar-refractivity contribution in [1.82, 2.24) is 9.97 Å². The van der Waals surface area contributed by atoms with Crippen LogP contribution in [0.2, 0.25) is 0 Å². The molecule has 2 aromatic rings. The quantitative estimate of drug-likeness (QED) is 0.747. The van der Waals surface area contributed by atoms with Gasteiger partial charge in [0.1, 0.15) is 5.75 Å². The zero-order chi connectivity index (χ0) is 10.1. The molecule has 14 heavy (non-hydrogen) atoms. The molecule has 0 bridgehead atoms. The summed E-state index contributed by atoms with van der Waals surface area (Å²) in [7, 11) is 0. The summed E-state index contributed by atoms with van der Waals surface area (Å²) in [6.45, 7) is 4.06. The van der Waals surface area contributed by atoms with Crippen LogP contribution in [0.3, 0.4) is 0 Å². The Morgan fingerprint density at radius 1 is 1.29 bits per heavy atom. The van der Waals surface area contributed by atoms with E-state index in [9.17, 15) is 5.11 Å². The minimum atomic E-state index is 0.228. The van der Waals surface area contributed by atoms with E-state index >= 15 is 0 Å². The fourth-order valence-corrected chi connectivity index (χ4v) is 1.60. The van der Waals surface area contributed by atoms with Crippen molar-refractivity contribution >= 4 is 11.0 Å². The third-order valence-electron chi connectivity index (χ3n) is 2.22. The minimum absolute atomic E-state index is 0.228. The van der Waals surface area contributed by atoms with Crippen LogP contribution in [0.4, 0.5) is 0 Å². The summed E-state index contributed by atoms with van der Waals surface area (Å²) in [5.41, 5.74) is 2.49. The van der Waals surface area contributed by atoms with E-state index in [0.29, 0.717) is 0 Å². The molecule has 3 heteroatoms. The molecule has 72 valence electrons. The van der Waals surface area contributed by atoms with E-state index in [0.717, 1.165) is 16.6 Å². The first-order valence-electron chi connectivity index (χ1n) is 4.62. The van der Waals surface area contributed by atoms with Crippen LogP contribution in [0, 0.1) is 0 Å². The molecule has 2 aromatic heterocycles. The van der Waals surface area contributed by atoms with E-state index in [2.05, 4.69) is 9.97 Å². The first-order chi connectivity index (χ1) is 6.70. The maximum atomic E-state index is 9.68. The van der Waals surface area contributed by atoms with Crippen LogP contribution in [-0.2, 0) is 0 Å². The molecule has 0 aliphatic rings. The highest BCUT2D eigenvalue weighted by Crippen LogP contribution is 2.29. The molecule has 2 heterocycles. The molecule has 1 N–H and O–H groups in total. The summed E-state index contributed by atoms with van der Waals surface area (Å²) < 4.78 is 0. The summed E-state index contributed by atoms with van der Waals surface area (Å²) >= 11 is 0. The van der Waals surface area contributed by atoms with Gasteiger partial charge >= 0.3 is 0 Å². The van der Waals surface area contributed by atoms with Crippen molar-refractivity contribution in [3.05, 3.63) is 30.1 Å². The summed E-state index contributed by atoms with van der Waals surface area (Å²) in [5, 5.41) is 9.68. The second-order valence-corrected chi connectivity index (χ2v) is 3.58. The molecule has 0 fully saturated rings. The van der Waals surface area contributed by atoms with Gasteiger partial charge in [0.15, 0.2) is 0 Å². The highest BCUT2D eigenvalue weighted by atomic mass is 16.3. The van der Waals surface area contributed by atoms with E-state index in [4.69, 9.17) is 0 Å². The SMILES string of the molecule is CC(C)c1c(O)cnc2cccnc12. The molecule has 2 rings (SSSR count). The number of aromatic hydroxyl groups is 1. The van der Waals surface area contributed by atoms with Gasteiger partial charge in [-0.2, -0.15) is 0 Å². The fourth-order valence-electron chi connectivity index (χ4n) is 1.60. The van der Waals surface area contributed by atoms with Crippen LogP contribution in [0.1, 0.15) is 25.3 Å². The maximum Gasteiger partial charge on any atom is 0.139 e. The van der Waals surface area contributed by atoms with E-state index in [-0.39, 0.29) is 11.7 Å². The molecule has 0 aliphatic carbocycles. The highest BCUT2D eigenvalue weighted by Gasteiger charge is 2.11. The predicted molar refractivity (Wildman–Crippen MR) is 55.3 cm³/mol. The second kappa shape index (κ2) is 3.25. The third kappa shape index (κ3) is 1.31. The largest absolute Gasteiger partial charge is 0.506 e. The van der Waals surface area contributed by atoms with E-state index in [1.165, 1.54) is 6.20 Å². The van der Waals surface area contributed by atoms with E-state index in [1.54, 1.807) is 6.20 Å². The van der Waals surface area contributed by atoms with Crippen LogP contribution in [-0.4, -0.2) is 15.1 Å². The monoisotopic (exact) mass is 188 g/mol. The molecule has 0 spiro atoms. The molecule has 3 nitrogen and oxygen atoms in total. The first-order valence-corrected chi connectivity index (χ1v) is 4.62. The first kappa shape index (κ1) is 8.94. The van der Waals surface area contributed by atoms with Gasteiger partial charge in [-0.15, -0.1) is 0 Å². The van der Waals surface area contributed by atoms with Crippen molar-refractivity contribution in [3.8, 4) is 5.75 Å². The summed E-state index contributed by atoms with van der Waals surface area (Å²) in [6, 6.07) is 3.74. The standard InChI is InChI=1S/C11H12N2O/c1-7(2)10-9(14)6-13-8-4-3-5-12-11(8)10/h3-7,14H,1-2H3. The second-order valence-electron chi connectivity index (χ2n) is 3.58. The highest BCUT2D eigenvalue weighted by molar-refractivity contribution is 5.80. The molecule has 0 amide bonds. The van der Waals surface area contributed by atoms with Crippen LogP contribution < -0.4 is 0 Å². The minimum Gasteiger partial charge on any atom is -0.506 e. The number of hydrogen-bond donors (Lipinski definition) is 1. The number of hydrogen-bond acceptors (Lipinski definition) is 3. The molecular formula is C11H12N2O. The molecule has 0 unspecified atom stereocenters. The number of rotatable bonds is 1. The van der Waals surface area contributed by atoms with Crippen molar-refractivity contribution < 1.29 is 5.11 Å². The van der Waals surface area contributed by atoms with Gasteiger partial charge in [-0.25, -0.2) is 0 Å². The van der Waals surface area contributed by atoms with E-state index < -0.39 is 0 Å².